The summed E-state index contributed by atoms with van der Waals surface area (Å²) in [5.41, 5.74) is 2.89. The first-order valence-electron chi connectivity index (χ1n) is 14.6. The molecule has 0 N–H and O–H groups in total. The van der Waals surface area contributed by atoms with Crippen LogP contribution in [0.3, 0.4) is 0 Å². The van der Waals surface area contributed by atoms with Gasteiger partial charge in [-0.05, 0) is 55.2 Å². The highest BCUT2D eigenvalue weighted by molar-refractivity contribution is 6.28. The molecule has 0 aliphatic heterocycles. The van der Waals surface area contributed by atoms with Crippen molar-refractivity contribution >= 4 is 9.76 Å². The Labute approximate surface area is 223 Å². The molecule has 2 aromatic heterocycles. The molecule has 2 atom stereocenters. The van der Waals surface area contributed by atoms with E-state index in [4.69, 9.17) is 9.16 Å². The Morgan fingerprint density at radius 3 is 2.31 bits per heavy atom. The van der Waals surface area contributed by atoms with E-state index < -0.39 is 9.76 Å². The maximum absolute atomic E-state index is 6.07. The molecule has 0 radical (unpaired) electrons. The summed E-state index contributed by atoms with van der Waals surface area (Å²) >= 11 is 0. The molecule has 0 spiro atoms. The molecule has 2 aromatic rings. The molecule has 0 aromatic carbocycles. The molecule has 0 bridgehead atoms. The van der Waals surface area contributed by atoms with Crippen molar-refractivity contribution < 1.29 is 9.16 Å². The average Bonchev–Trinajstić information content (AvgIpc) is 2.90. The summed E-state index contributed by atoms with van der Waals surface area (Å²) in [6.45, 7) is 11.0. The number of rotatable bonds is 21. The standard InChI is InChI=1S/C30H51N3O2Si/c1-5-7-9-11-19-34-20-12-10-14-27-17-18-28(32-21-27)29-22-31-23-30(33-29)35-36-24-26(4)16-15-25(3)13-8-6-2/h17-18,21-23,25-26H,5-16,19-20,24,36H2,1-4H3. The van der Waals surface area contributed by atoms with Crippen molar-refractivity contribution in [1.29, 1.82) is 0 Å². The largest absolute Gasteiger partial charge is 0.535 e. The lowest BCUT2D eigenvalue weighted by molar-refractivity contribution is 0.126. The molecule has 2 unspecified atom stereocenters. The van der Waals surface area contributed by atoms with Crippen molar-refractivity contribution in [3.63, 3.8) is 0 Å². The predicted octanol–water partition coefficient (Wildman–Crippen LogP) is 7.58. The second kappa shape index (κ2) is 19.3. The highest BCUT2D eigenvalue weighted by Crippen LogP contribution is 2.21. The van der Waals surface area contributed by atoms with E-state index in [1.165, 1.54) is 69.4 Å². The summed E-state index contributed by atoms with van der Waals surface area (Å²) < 4.78 is 11.8. The fourth-order valence-electron chi connectivity index (χ4n) is 4.31. The minimum absolute atomic E-state index is 0.642. The Kier molecular flexibility index (Phi) is 16.3. The predicted molar refractivity (Wildman–Crippen MR) is 154 cm³/mol. The van der Waals surface area contributed by atoms with Crippen LogP contribution in [0.5, 0.6) is 5.88 Å². The van der Waals surface area contributed by atoms with E-state index in [1.54, 1.807) is 12.4 Å². The van der Waals surface area contributed by atoms with E-state index in [0.29, 0.717) is 5.88 Å². The van der Waals surface area contributed by atoms with Crippen molar-refractivity contribution in [2.45, 2.75) is 111 Å². The number of hydrogen-bond donors (Lipinski definition) is 0. The first kappa shape index (κ1) is 30.4. The highest BCUT2D eigenvalue weighted by atomic mass is 28.2. The van der Waals surface area contributed by atoms with Crippen molar-refractivity contribution in [3.8, 4) is 17.3 Å². The Morgan fingerprint density at radius 1 is 0.778 bits per heavy atom. The minimum atomic E-state index is -0.653. The van der Waals surface area contributed by atoms with E-state index in [-0.39, 0.29) is 0 Å². The van der Waals surface area contributed by atoms with Gasteiger partial charge >= 0.3 is 0 Å². The SMILES string of the molecule is CCCCCCOCCCCc1ccc(-c2cncc(O[SiH2]CC(C)CCC(C)CCCC)n2)nc1. The molecule has 2 rings (SSSR count). The normalized spacial score (nSPS) is 13.3. The van der Waals surface area contributed by atoms with Crippen LogP contribution in [0.2, 0.25) is 6.04 Å². The van der Waals surface area contributed by atoms with E-state index in [9.17, 15) is 0 Å². The van der Waals surface area contributed by atoms with Gasteiger partial charge in [-0.3, -0.25) is 9.97 Å². The van der Waals surface area contributed by atoms with E-state index >= 15 is 0 Å². The van der Waals surface area contributed by atoms with Gasteiger partial charge in [-0.25, -0.2) is 4.98 Å². The average molecular weight is 514 g/mol. The number of ether oxygens (including phenoxy) is 1. The molecular weight excluding hydrogens is 462 g/mol. The van der Waals surface area contributed by atoms with Crippen molar-refractivity contribution in [1.82, 2.24) is 15.0 Å². The fourth-order valence-corrected chi connectivity index (χ4v) is 5.46. The van der Waals surface area contributed by atoms with Crippen LogP contribution in [0, 0.1) is 11.8 Å². The number of unbranched alkanes of at least 4 members (excludes halogenated alkanes) is 5. The number of aryl methyl sites for hydroxylation is 1. The second-order valence-electron chi connectivity index (χ2n) is 10.5. The van der Waals surface area contributed by atoms with E-state index in [2.05, 4.69) is 48.7 Å². The third-order valence-electron chi connectivity index (χ3n) is 6.91. The van der Waals surface area contributed by atoms with E-state index in [0.717, 1.165) is 55.7 Å². The Hall–Kier alpha value is -1.79. The van der Waals surface area contributed by atoms with Crippen LogP contribution in [0.4, 0.5) is 0 Å². The first-order chi connectivity index (χ1) is 17.6. The summed E-state index contributed by atoms with van der Waals surface area (Å²) in [5.74, 6) is 2.21. The molecule has 36 heavy (non-hydrogen) atoms. The molecule has 0 saturated carbocycles. The summed E-state index contributed by atoms with van der Waals surface area (Å²) in [4.78, 5) is 13.7. The molecule has 0 aliphatic carbocycles. The lowest BCUT2D eigenvalue weighted by atomic mass is 9.95. The number of nitrogens with zero attached hydrogens (tertiary/aromatic N) is 3. The highest BCUT2D eigenvalue weighted by Gasteiger charge is 2.09. The van der Waals surface area contributed by atoms with Gasteiger partial charge in [0, 0.05) is 19.4 Å². The third kappa shape index (κ3) is 13.5. The monoisotopic (exact) mass is 513 g/mol. The van der Waals surface area contributed by atoms with Crippen LogP contribution < -0.4 is 4.43 Å². The van der Waals surface area contributed by atoms with Gasteiger partial charge in [0.1, 0.15) is 5.69 Å². The molecule has 5 nitrogen and oxygen atoms in total. The summed E-state index contributed by atoms with van der Waals surface area (Å²) in [7, 11) is -0.653. The van der Waals surface area contributed by atoms with Crippen molar-refractivity contribution in [2.24, 2.45) is 11.8 Å². The Morgan fingerprint density at radius 2 is 1.56 bits per heavy atom. The van der Waals surface area contributed by atoms with Gasteiger partial charge in [0.15, 0.2) is 0 Å². The molecule has 0 aliphatic rings. The van der Waals surface area contributed by atoms with E-state index in [1.807, 2.05) is 12.3 Å². The van der Waals surface area contributed by atoms with Crippen LogP contribution in [0.25, 0.3) is 11.4 Å². The number of hydrogen-bond acceptors (Lipinski definition) is 5. The molecule has 202 valence electrons. The summed E-state index contributed by atoms with van der Waals surface area (Å²) in [5, 5.41) is 0. The summed E-state index contributed by atoms with van der Waals surface area (Å²) in [6.07, 6.45) is 20.4. The lowest BCUT2D eigenvalue weighted by Gasteiger charge is -2.15. The zero-order valence-corrected chi connectivity index (χ0v) is 24.9. The van der Waals surface area contributed by atoms with Gasteiger partial charge in [0.2, 0.25) is 15.6 Å². The third-order valence-corrected chi connectivity index (χ3v) is 8.63. The smallest absolute Gasteiger partial charge is 0.221 e. The molecule has 0 fully saturated rings. The quantitative estimate of drug-likeness (QED) is 0.127. The minimum Gasteiger partial charge on any atom is -0.535 e. The van der Waals surface area contributed by atoms with Crippen molar-refractivity contribution in [3.05, 3.63) is 36.3 Å². The molecule has 0 amide bonds. The van der Waals surface area contributed by atoms with Gasteiger partial charge in [0.05, 0.1) is 18.1 Å². The van der Waals surface area contributed by atoms with Crippen LogP contribution in [0.15, 0.2) is 30.7 Å². The Balaban J connectivity index is 1.66. The fraction of sp³-hybridized carbons (Fsp3) is 0.700. The van der Waals surface area contributed by atoms with Crippen molar-refractivity contribution in [2.75, 3.05) is 13.2 Å². The first-order valence-corrected chi connectivity index (χ1v) is 16.2. The number of aromatic nitrogens is 3. The second-order valence-corrected chi connectivity index (χ2v) is 11.8. The zero-order chi connectivity index (χ0) is 25.8. The van der Waals surface area contributed by atoms with Gasteiger partial charge in [-0.1, -0.05) is 85.1 Å². The summed E-state index contributed by atoms with van der Waals surface area (Å²) in [6, 6.07) is 5.39. The maximum atomic E-state index is 6.07. The van der Waals surface area contributed by atoms with Crippen LogP contribution >= 0.6 is 0 Å². The maximum Gasteiger partial charge on any atom is 0.221 e. The topological polar surface area (TPSA) is 57.1 Å². The van der Waals surface area contributed by atoms with Gasteiger partial charge in [0.25, 0.3) is 0 Å². The van der Waals surface area contributed by atoms with Gasteiger partial charge in [-0.15, -0.1) is 0 Å². The molecule has 2 heterocycles. The van der Waals surface area contributed by atoms with Crippen LogP contribution in [-0.4, -0.2) is 37.9 Å². The van der Waals surface area contributed by atoms with Crippen LogP contribution in [-0.2, 0) is 11.2 Å². The molecular formula is C30H51N3O2Si. The van der Waals surface area contributed by atoms with Gasteiger partial charge in [-0.2, -0.15) is 0 Å². The Bertz CT molecular complexity index is 803. The molecule has 0 saturated heterocycles. The zero-order valence-electron chi connectivity index (χ0n) is 23.5. The lowest BCUT2D eigenvalue weighted by Crippen LogP contribution is -2.09. The van der Waals surface area contributed by atoms with Crippen LogP contribution in [0.1, 0.15) is 104 Å². The molecule has 6 heteroatoms. The number of pyridine rings is 1. The van der Waals surface area contributed by atoms with Gasteiger partial charge < -0.3 is 9.16 Å².